The van der Waals surface area contributed by atoms with Gasteiger partial charge in [-0.05, 0) is 25.0 Å². The van der Waals surface area contributed by atoms with Crippen molar-refractivity contribution < 1.29 is 13.2 Å². The number of benzene rings is 1. The molecule has 0 unspecified atom stereocenters. The molecule has 9 heteroatoms. The highest BCUT2D eigenvalue weighted by Crippen LogP contribution is 2.23. The minimum atomic E-state index is -3.63. The third-order valence-corrected chi connectivity index (χ3v) is 6.94. The molecule has 0 aliphatic carbocycles. The second-order valence-electron chi connectivity index (χ2n) is 6.81. The first-order valence-electron chi connectivity index (χ1n) is 9.39. The number of amides is 1. The fourth-order valence-electron chi connectivity index (χ4n) is 3.48. The Hall–Kier alpha value is -1.19. The lowest BCUT2D eigenvalue weighted by Gasteiger charge is -2.27. The minimum absolute atomic E-state index is 0. The van der Waals surface area contributed by atoms with Crippen LogP contribution in [0.2, 0.25) is 0 Å². The summed E-state index contributed by atoms with van der Waals surface area (Å²) >= 11 is 0. The number of rotatable bonds is 6. The Labute approximate surface area is 167 Å². The summed E-state index contributed by atoms with van der Waals surface area (Å²) in [6.07, 6.45) is 2.80. The van der Waals surface area contributed by atoms with Gasteiger partial charge in [0, 0.05) is 52.4 Å². The van der Waals surface area contributed by atoms with Crippen LogP contribution in [0, 0.1) is 0 Å². The lowest BCUT2D eigenvalue weighted by Crippen LogP contribution is -2.46. The molecule has 0 aromatic heterocycles. The van der Waals surface area contributed by atoms with Crippen molar-refractivity contribution in [2.45, 2.75) is 24.2 Å². The molecule has 0 spiro atoms. The third kappa shape index (κ3) is 5.65. The average Bonchev–Trinajstić information content (AvgIpc) is 2.69. The number of hydrogen-bond acceptors (Lipinski definition) is 5. The molecule has 152 valence electrons. The van der Waals surface area contributed by atoms with Crippen LogP contribution in [0.4, 0.5) is 0 Å². The predicted octanol–water partition coefficient (Wildman–Crippen LogP) is 0.918. The molecule has 2 N–H and O–H groups in total. The Morgan fingerprint density at radius 1 is 1.04 bits per heavy atom. The molecule has 1 aromatic rings. The Morgan fingerprint density at radius 2 is 1.70 bits per heavy atom. The van der Waals surface area contributed by atoms with E-state index in [-0.39, 0.29) is 28.8 Å². The second kappa shape index (κ2) is 10.4. The zero-order valence-corrected chi connectivity index (χ0v) is 17.2. The van der Waals surface area contributed by atoms with Crippen LogP contribution in [0.5, 0.6) is 0 Å². The number of piperazine rings is 1. The second-order valence-corrected chi connectivity index (χ2v) is 8.71. The standard InChI is InChI=1S/C18H28N4O3S.ClH/c23-18(20-10-15-21-13-8-19-9-14-21)16-6-2-3-7-17(16)26(24,25)22-11-4-1-5-12-22;/h2-3,6-7,19H,1,4-5,8-15H2,(H,20,23);1H. The molecule has 7 nitrogen and oxygen atoms in total. The van der Waals surface area contributed by atoms with Gasteiger partial charge in [-0.2, -0.15) is 4.31 Å². The molecule has 0 atom stereocenters. The molecule has 2 fully saturated rings. The highest BCUT2D eigenvalue weighted by atomic mass is 35.5. The van der Waals surface area contributed by atoms with E-state index in [1.807, 2.05) is 0 Å². The Kier molecular flexibility index (Phi) is 8.50. The van der Waals surface area contributed by atoms with Gasteiger partial charge in [-0.15, -0.1) is 12.4 Å². The van der Waals surface area contributed by atoms with Crippen LogP contribution in [-0.2, 0) is 10.0 Å². The number of carbonyl (C=O) groups is 1. The van der Waals surface area contributed by atoms with Gasteiger partial charge in [0.15, 0.2) is 0 Å². The van der Waals surface area contributed by atoms with E-state index >= 15 is 0 Å². The lowest BCUT2D eigenvalue weighted by molar-refractivity contribution is 0.0943. The Bertz CT molecular complexity index is 717. The summed E-state index contributed by atoms with van der Waals surface area (Å²) in [5.41, 5.74) is 0.235. The lowest BCUT2D eigenvalue weighted by atomic mass is 10.2. The van der Waals surface area contributed by atoms with Gasteiger partial charge in [0.1, 0.15) is 0 Å². The van der Waals surface area contributed by atoms with Crippen molar-refractivity contribution in [3.8, 4) is 0 Å². The summed E-state index contributed by atoms with van der Waals surface area (Å²) in [7, 11) is -3.63. The number of halogens is 1. The van der Waals surface area contributed by atoms with Gasteiger partial charge < -0.3 is 10.6 Å². The normalized spacial score (nSPS) is 19.3. The van der Waals surface area contributed by atoms with Crippen LogP contribution in [0.1, 0.15) is 29.6 Å². The molecule has 1 amide bonds. The van der Waals surface area contributed by atoms with E-state index in [1.165, 1.54) is 10.4 Å². The highest BCUT2D eigenvalue weighted by Gasteiger charge is 2.29. The molecule has 2 aliphatic rings. The molecule has 27 heavy (non-hydrogen) atoms. The SMILES string of the molecule is Cl.O=C(NCCN1CCNCC1)c1ccccc1S(=O)(=O)N1CCCCC1. The molecule has 2 aliphatic heterocycles. The highest BCUT2D eigenvalue weighted by molar-refractivity contribution is 7.89. The summed E-state index contributed by atoms with van der Waals surface area (Å²) in [4.78, 5) is 15.0. The molecule has 3 rings (SSSR count). The van der Waals surface area contributed by atoms with E-state index < -0.39 is 10.0 Å². The van der Waals surface area contributed by atoms with Crippen LogP contribution in [0.25, 0.3) is 0 Å². The van der Waals surface area contributed by atoms with Gasteiger partial charge >= 0.3 is 0 Å². The van der Waals surface area contributed by atoms with E-state index in [4.69, 9.17) is 0 Å². The van der Waals surface area contributed by atoms with Crippen LogP contribution in [0.15, 0.2) is 29.2 Å². The predicted molar refractivity (Wildman–Crippen MR) is 108 cm³/mol. The topological polar surface area (TPSA) is 81.8 Å². The molecule has 1 aromatic carbocycles. The Morgan fingerprint density at radius 3 is 2.41 bits per heavy atom. The number of sulfonamides is 1. The van der Waals surface area contributed by atoms with Crippen LogP contribution in [0.3, 0.4) is 0 Å². The van der Waals surface area contributed by atoms with E-state index in [9.17, 15) is 13.2 Å². The minimum Gasteiger partial charge on any atom is -0.351 e. The number of nitrogens with one attached hydrogen (secondary N) is 2. The van der Waals surface area contributed by atoms with E-state index in [1.54, 1.807) is 18.2 Å². The van der Waals surface area contributed by atoms with Gasteiger partial charge in [-0.3, -0.25) is 9.69 Å². The summed E-state index contributed by atoms with van der Waals surface area (Å²) in [5, 5.41) is 6.17. The third-order valence-electron chi connectivity index (χ3n) is 4.99. The van der Waals surface area contributed by atoms with Crippen molar-refractivity contribution in [2.24, 2.45) is 0 Å². The average molecular weight is 417 g/mol. The van der Waals surface area contributed by atoms with Crippen LogP contribution < -0.4 is 10.6 Å². The van der Waals surface area contributed by atoms with E-state index in [0.29, 0.717) is 19.6 Å². The van der Waals surface area contributed by atoms with Gasteiger partial charge in [0.05, 0.1) is 10.5 Å². The van der Waals surface area contributed by atoms with Crippen molar-refractivity contribution in [1.82, 2.24) is 19.8 Å². The maximum absolute atomic E-state index is 13.0. The summed E-state index contributed by atoms with van der Waals surface area (Å²) in [5.74, 6) is -0.323. The monoisotopic (exact) mass is 416 g/mol. The molecule has 2 saturated heterocycles. The van der Waals surface area contributed by atoms with Crippen molar-refractivity contribution in [2.75, 3.05) is 52.4 Å². The maximum Gasteiger partial charge on any atom is 0.252 e. The first kappa shape index (κ1) is 22.1. The first-order chi connectivity index (χ1) is 12.6. The molecular formula is C18H29ClN4O3S. The number of piperidine rings is 1. The van der Waals surface area contributed by atoms with E-state index in [0.717, 1.165) is 52.0 Å². The zero-order valence-electron chi connectivity index (χ0n) is 15.5. The zero-order chi connectivity index (χ0) is 18.4. The van der Waals surface area contributed by atoms with Gasteiger partial charge in [0.2, 0.25) is 10.0 Å². The Balaban J connectivity index is 0.00000261. The summed E-state index contributed by atoms with van der Waals surface area (Å²) < 4.78 is 27.4. The molecular weight excluding hydrogens is 388 g/mol. The summed E-state index contributed by atoms with van der Waals surface area (Å²) in [6, 6.07) is 6.51. The number of nitrogens with zero attached hydrogens (tertiary/aromatic N) is 2. The fourth-order valence-corrected chi connectivity index (χ4v) is 5.19. The molecule has 0 radical (unpaired) electrons. The van der Waals surface area contributed by atoms with Gasteiger partial charge in [-0.25, -0.2) is 8.42 Å². The van der Waals surface area contributed by atoms with Crippen molar-refractivity contribution in [3.63, 3.8) is 0 Å². The van der Waals surface area contributed by atoms with Crippen LogP contribution >= 0.6 is 12.4 Å². The van der Waals surface area contributed by atoms with Crippen LogP contribution in [-0.4, -0.2) is 75.9 Å². The smallest absolute Gasteiger partial charge is 0.252 e. The maximum atomic E-state index is 13.0. The quantitative estimate of drug-likeness (QED) is 0.720. The van der Waals surface area contributed by atoms with Crippen molar-refractivity contribution in [1.29, 1.82) is 0 Å². The fraction of sp³-hybridized carbons (Fsp3) is 0.611. The summed E-state index contributed by atoms with van der Waals surface area (Å²) in [6.45, 7) is 6.20. The largest absolute Gasteiger partial charge is 0.351 e. The number of hydrogen-bond donors (Lipinski definition) is 2. The van der Waals surface area contributed by atoms with Gasteiger partial charge in [0.25, 0.3) is 5.91 Å². The number of carbonyl (C=O) groups excluding carboxylic acids is 1. The van der Waals surface area contributed by atoms with Gasteiger partial charge in [-0.1, -0.05) is 18.6 Å². The molecule has 0 bridgehead atoms. The van der Waals surface area contributed by atoms with Crippen molar-refractivity contribution >= 4 is 28.3 Å². The first-order valence-corrected chi connectivity index (χ1v) is 10.8. The molecule has 0 saturated carbocycles. The van der Waals surface area contributed by atoms with E-state index in [2.05, 4.69) is 15.5 Å². The molecule has 2 heterocycles. The van der Waals surface area contributed by atoms with Crippen molar-refractivity contribution in [3.05, 3.63) is 29.8 Å².